The zero-order valence-corrected chi connectivity index (χ0v) is 9.46. The smallest absolute Gasteiger partial charge is 0.300 e. The van der Waals surface area contributed by atoms with Crippen LogP contribution in [0.4, 0.5) is 4.39 Å². The third-order valence-electron chi connectivity index (χ3n) is 2.20. The Morgan fingerprint density at radius 2 is 1.88 bits per heavy atom. The molecule has 0 aliphatic carbocycles. The summed E-state index contributed by atoms with van der Waals surface area (Å²) < 4.78 is 45.8. The molecule has 1 fully saturated rings. The van der Waals surface area contributed by atoms with Crippen LogP contribution >= 0.6 is 0 Å². The van der Waals surface area contributed by atoms with Gasteiger partial charge in [0, 0.05) is 0 Å². The van der Waals surface area contributed by atoms with Gasteiger partial charge in [-0.1, -0.05) is 17.7 Å². The van der Waals surface area contributed by atoms with Crippen LogP contribution in [0.5, 0.6) is 0 Å². The molecule has 6 heteroatoms. The van der Waals surface area contributed by atoms with Gasteiger partial charge >= 0.3 is 0 Å². The zero-order chi connectivity index (χ0) is 11.8. The van der Waals surface area contributed by atoms with Crippen LogP contribution in [-0.2, 0) is 19.0 Å². The molecule has 0 N–H and O–H groups in total. The normalized spacial score (nSPS) is 19.1. The van der Waals surface area contributed by atoms with E-state index in [4.69, 9.17) is 0 Å². The van der Waals surface area contributed by atoms with Crippen molar-refractivity contribution in [2.45, 2.75) is 17.7 Å². The highest BCUT2D eigenvalue weighted by Crippen LogP contribution is 2.28. The average Bonchev–Trinajstić information content (AvgIpc) is 2.15. The first-order valence-corrected chi connectivity index (χ1v) is 6.11. The Bertz CT molecular complexity index is 476. The van der Waals surface area contributed by atoms with E-state index in [1.165, 1.54) is 12.1 Å². The van der Waals surface area contributed by atoms with Gasteiger partial charge in [-0.3, -0.25) is 0 Å². The predicted molar refractivity (Wildman–Crippen MR) is 54.1 cm³/mol. The second-order valence-electron chi connectivity index (χ2n) is 3.73. The molecule has 1 aliphatic heterocycles. The monoisotopic (exact) mass is 246 g/mol. The largest absolute Gasteiger partial charge is 0.369 e. The summed E-state index contributed by atoms with van der Waals surface area (Å²) in [7, 11) is -4.05. The SMILES string of the molecule is Cc1ccc(S(=O)(=O)OC2(F)COC2)cc1. The van der Waals surface area contributed by atoms with Gasteiger partial charge in [0.1, 0.15) is 13.2 Å². The maximum absolute atomic E-state index is 13.4. The minimum atomic E-state index is -4.05. The summed E-state index contributed by atoms with van der Waals surface area (Å²) in [4.78, 5) is -0.0537. The topological polar surface area (TPSA) is 52.6 Å². The molecule has 88 valence electrons. The summed E-state index contributed by atoms with van der Waals surface area (Å²) in [6.07, 6.45) is 0. The first kappa shape index (κ1) is 11.5. The quantitative estimate of drug-likeness (QED) is 0.756. The van der Waals surface area contributed by atoms with Crippen LogP contribution in [0.25, 0.3) is 0 Å². The lowest BCUT2D eigenvalue weighted by molar-refractivity contribution is -0.233. The van der Waals surface area contributed by atoms with Crippen molar-refractivity contribution < 1.29 is 21.7 Å². The van der Waals surface area contributed by atoms with E-state index in [9.17, 15) is 12.8 Å². The van der Waals surface area contributed by atoms with Crippen LogP contribution < -0.4 is 0 Å². The lowest BCUT2D eigenvalue weighted by Crippen LogP contribution is -2.49. The molecule has 0 bridgehead atoms. The first-order chi connectivity index (χ1) is 7.41. The van der Waals surface area contributed by atoms with E-state index in [0.29, 0.717) is 0 Å². The molecule has 0 saturated carbocycles. The molecule has 1 aromatic carbocycles. The Kier molecular flexibility index (Phi) is 2.73. The summed E-state index contributed by atoms with van der Waals surface area (Å²) in [6, 6.07) is 6.01. The van der Waals surface area contributed by atoms with Gasteiger partial charge in [-0.25, -0.2) is 8.57 Å². The fraction of sp³-hybridized carbons (Fsp3) is 0.400. The van der Waals surface area contributed by atoms with Gasteiger partial charge in [-0.15, -0.1) is 0 Å². The summed E-state index contributed by atoms with van der Waals surface area (Å²) in [5, 5.41) is 0. The Hall–Kier alpha value is -0.980. The number of halogens is 1. The van der Waals surface area contributed by atoms with E-state index in [2.05, 4.69) is 8.92 Å². The van der Waals surface area contributed by atoms with Crippen molar-refractivity contribution in [3.05, 3.63) is 29.8 Å². The highest BCUT2D eigenvalue weighted by atomic mass is 32.2. The number of hydrogen-bond donors (Lipinski definition) is 0. The Balaban J connectivity index is 2.22. The van der Waals surface area contributed by atoms with Crippen molar-refractivity contribution in [2.75, 3.05) is 13.2 Å². The Morgan fingerprint density at radius 1 is 1.31 bits per heavy atom. The molecule has 0 radical (unpaired) electrons. The van der Waals surface area contributed by atoms with Crippen LogP contribution in [0, 0.1) is 6.92 Å². The van der Waals surface area contributed by atoms with Gasteiger partial charge < -0.3 is 4.74 Å². The molecule has 1 aromatic rings. The van der Waals surface area contributed by atoms with Crippen LogP contribution in [-0.4, -0.2) is 27.5 Å². The molecule has 0 unspecified atom stereocenters. The van der Waals surface area contributed by atoms with Crippen molar-refractivity contribution in [1.82, 2.24) is 0 Å². The molecule has 1 heterocycles. The number of ether oxygens (including phenoxy) is 1. The zero-order valence-electron chi connectivity index (χ0n) is 8.64. The Labute approximate surface area is 93.1 Å². The minimum Gasteiger partial charge on any atom is -0.369 e. The molecule has 1 aliphatic rings. The van der Waals surface area contributed by atoms with E-state index in [0.717, 1.165) is 5.56 Å². The fourth-order valence-electron chi connectivity index (χ4n) is 1.26. The van der Waals surface area contributed by atoms with Gasteiger partial charge in [0.05, 0.1) is 4.90 Å². The average molecular weight is 246 g/mol. The van der Waals surface area contributed by atoms with Gasteiger partial charge in [0.25, 0.3) is 16.0 Å². The molecule has 2 rings (SSSR count). The van der Waals surface area contributed by atoms with Gasteiger partial charge in [0.2, 0.25) is 0 Å². The minimum absolute atomic E-state index is 0.0537. The number of benzene rings is 1. The molecule has 0 aromatic heterocycles. The van der Waals surface area contributed by atoms with Crippen molar-refractivity contribution in [3.8, 4) is 0 Å². The van der Waals surface area contributed by atoms with Crippen LogP contribution in [0.3, 0.4) is 0 Å². The van der Waals surface area contributed by atoms with Gasteiger partial charge in [-0.05, 0) is 19.1 Å². The molecule has 1 saturated heterocycles. The highest BCUT2D eigenvalue weighted by molar-refractivity contribution is 7.86. The fourth-order valence-corrected chi connectivity index (χ4v) is 2.32. The van der Waals surface area contributed by atoms with E-state index in [1.807, 2.05) is 6.92 Å². The molecular weight excluding hydrogens is 235 g/mol. The highest BCUT2D eigenvalue weighted by Gasteiger charge is 2.44. The predicted octanol–water partition coefficient (Wildman–Crippen LogP) is 1.40. The van der Waals surface area contributed by atoms with E-state index in [1.54, 1.807) is 12.1 Å². The summed E-state index contributed by atoms with van der Waals surface area (Å²) >= 11 is 0. The molecular formula is C10H11FO4S. The first-order valence-electron chi connectivity index (χ1n) is 4.70. The number of aryl methyl sites for hydroxylation is 1. The summed E-state index contributed by atoms with van der Waals surface area (Å²) in [5.41, 5.74) is 0.917. The molecule has 0 spiro atoms. The van der Waals surface area contributed by atoms with E-state index < -0.39 is 16.0 Å². The van der Waals surface area contributed by atoms with Crippen molar-refractivity contribution >= 4 is 10.1 Å². The lowest BCUT2D eigenvalue weighted by Gasteiger charge is -2.32. The number of alkyl halides is 1. The molecule has 16 heavy (non-hydrogen) atoms. The van der Waals surface area contributed by atoms with Crippen LogP contribution in [0.2, 0.25) is 0 Å². The number of rotatable bonds is 3. The second-order valence-corrected chi connectivity index (χ2v) is 5.27. The van der Waals surface area contributed by atoms with E-state index in [-0.39, 0.29) is 18.1 Å². The van der Waals surface area contributed by atoms with Gasteiger partial charge in [-0.2, -0.15) is 8.42 Å². The van der Waals surface area contributed by atoms with Crippen LogP contribution in [0.15, 0.2) is 29.2 Å². The molecule has 0 atom stereocenters. The standard InChI is InChI=1S/C10H11FO4S/c1-8-2-4-9(5-3-8)16(12,13)15-10(11)6-14-7-10/h2-5H,6-7H2,1H3. The maximum Gasteiger partial charge on any atom is 0.300 e. The molecule has 4 nitrogen and oxygen atoms in total. The third kappa shape index (κ3) is 2.23. The maximum atomic E-state index is 13.4. The molecule has 0 amide bonds. The third-order valence-corrected chi connectivity index (χ3v) is 3.57. The van der Waals surface area contributed by atoms with Gasteiger partial charge in [0.15, 0.2) is 0 Å². The van der Waals surface area contributed by atoms with Crippen molar-refractivity contribution in [3.63, 3.8) is 0 Å². The summed E-state index contributed by atoms with van der Waals surface area (Å²) in [6.45, 7) is 1.13. The van der Waals surface area contributed by atoms with Crippen molar-refractivity contribution in [1.29, 1.82) is 0 Å². The Morgan fingerprint density at radius 3 is 2.31 bits per heavy atom. The number of hydrogen-bond acceptors (Lipinski definition) is 4. The second kappa shape index (κ2) is 3.80. The summed E-state index contributed by atoms with van der Waals surface area (Å²) in [5.74, 6) is -2.20. The van der Waals surface area contributed by atoms with E-state index >= 15 is 0 Å². The van der Waals surface area contributed by atoms with Crippen LogP contribution in [0.1, 0.15) is 5.56 Å². The van der Waals surface area contributed by atoms with Crippen molar-refractivity contribution in [2.24, 2.45) is 0 Å². The lowest BCUT2D eigenvalue weighted by atomic mass is 10.2.